The molecule has 18 heavy (non-hydrogen) atoms. The smallest absolute Gasteiger partial charge is 0.256 e. The summed E-state index contributed by atoms with van der Waals surface area (Å²) in [6, 6.07) is 3.69. The normalized spacial score (nSPS) is 19.3. The quantitative estimate of drug-likeness (QED) is 0.889. The van der Waals surface area contributed by atoms with Crippen molar-refractivity contribution in [3.05, 3.63) is 35.4 Å². The fraction of sp³-hybridized carbons (Fsp3) is 0.462. The van der Waals surface area contributed by atoms with Gasteiger partial charge in [-0.3, -0.25) is 4.79 Å². The van der Waals surface area contributed by atoms with E-state index in [2.05, 4.69) is 5.32 Å². The lowest BCUT2D eigenvalue weighted by atomic mass is 10.1. The standard InChI is InChI=1S/C13H16F2N2O/c1-16-7-9-5-6-17(8-9)13(18)10-3-2-4-11(14)12(10)15/h2-4,9,16H,5-8H2,1H3/t9-/m1/s1. The van der Waals surface area contributed by atoms with Gasteiger partial charge in [-0.25, -0.2) is 8.78 Å². The molecule has 1 N–H and O–H groups in total. The molecule has 1 aromatic carbocycles. The molecular weight excluding hydrogens is 238 g/mol. The molecule has 0 aliphatic carbocycles. The van der Waals surface area contributed by atoms with Crippen LogP contribution in [0.5, 0.6) is 0 Å². The van der Waals surface area contributed by atoms with Crippen molar-refractivity contribution in [3.63, 3.8) is 0 Å². The predicted molar refractivity (Wildman–Crippen MR) is 64.3 cm³/mol. The predicted octanol–water partition coefficient (Wildman–Crippen LogP) is 1.65. The lowest BCUT2D eigenvalue weighted by Crippen LogP contribution is -2.31. The van der Waals surface area contributed by atoms with Crippen LogP contribution in [0.15, 0.2) is 18.2 Å². The number of carbonyl (C=O) groups excluding carboxylic acids is 1. The van der Waals surface area contributed by atoms with Crippen LogP contribution in [-0.2, 0) is 0 Å². The highest BCUT2D eigenvalue weighted by atomic mass is 19.2. The number of rotatable bonds is 3. The second-order valence-corrected chi connectivity index (χ2v) is 4.56. The van der Waals surface area contributed by atoms with Gasteiger partial charge in [-0.2, -0.15) is 0 Å². The summed E-state index contributed by atoms with van der Waals surface area (Å²) in [6.45, 7) is 2.02. The molecule has 1 saturated heterocycles. The van der Waals surface area contributed by atoms with E-state index in [0.717, 1.165) is 19.0 Å². The van der Waals surface area contributed by atoms with Gasteiger partial charge < -0.3 is 10.2 Å². The molecular formula is C13H16F2N2O. The van der Waals surface area contributed by atoms with Gasteiger partial charge in [0.25, 0.3) is 5.91 Å². The van der Waals surface area contributed by atoms with Crippen molar-refractivity contribution < 1.29 is 13.6 Å². The molecule has 1 fully saturated rings. The average molecular weight is 254 g/mol. The van der Waals surface area contributed by atoms with Crippen LogP contribution in [0.4, 0.5) is 8.78 Å². The summed E-state index contributed by atoms with van der Waals surface area (Å²) >= 11 is 0. The second-order valence-electron chi connectivity index (χ2n) is 4.56. The second kappa shape index (κ2) is 5.44. The van der Waals surface area contributed by atoms with Gasteiger partial charge >= 0.3 is 0 Å². The van der Waals surface area contributed by atoms with Crippen molar-refractivity contribution in [1.29, 1.82) is 0 Å². The molecule has 5 heteroatoms. The SMILES string of the molecule is CNC[C@H]1CCN(C(=O)c2cccc(F)c2F)C1. The largest absolute Gasteiger partial charge is 0.338 e. The van der Waals surface area contributed by atoms with Gasteiger partial charge in [0.2, 0.25) is 0 Å². The van der Waals surface area contributed by atoms with E-state index in [9.17, 15) is 13.6 Å². The zero-order chi connectivity index (χ0) is 13.1. The molecule has 1 aromatic rings. The van der Waals surface area contributed by atoms with Crippen molar-refractivity contribution in [2.75, 3.05) is 26.7 Å². The van der Waals surface area contributed by atoms with E-state index in [1.54, 1.807) is 4.90 Å². The van der Waals surface area contributed by atoms with Crippen LogP contribution in [0.3, 0.4) is 0 Å². The number of amides is 1. The van der Waals surface area contributed by atoms with E-state index in [4.69, 9.17) is 0 Å². The third kappa shape index (κ3) is 2.51. The molecule has 0 aromatic heterocycles. The van der Waals surface area contributed by atoms with E-state index in [-0.39, 0.29) is 5.56 Å². The molecule has 0 spiro atoms. The summed E-state index contributed by atoms with van der Waals surface area (Å²) in [5, 5.41) is 3.06. The number of benzene rings is 1. The summed E-state index contributed by atoms with van der Waals surface area (Å²) in [5.41, 5.74) is -0.180. The molecule has 2 rings (SSSR count). The third-order valence-corrected chi connectivity index (χ3v) is 3.25. The first-order valence-corrected chi connectivity index (χ1v) is 6.01. The van der Waals surface area contributed by atoms with Crippen molar-refractivity contribution >= 4 is 5.91 Å². The fourth-order valence-electron chi connectivity index (χ4n) is 2.31. The summed E-state index contributed by atoms with van der Waals surface area (Å²) in [7, 11) is 1.86. The van der Waals surface area contributed by atoms with Gasteiger partial charge in [0.1, 0.15) is 0 Å². The Labute approximate surface area is 105 Å². The maximum Gasteiger partial charge on any atom is 0.256 e. The van der Waals surface area contributed by atoms with Gasteiger partial charge in [0, 0.05) is 13.1 Å². The third-order valence-electron chi connectivity index (χ3n) is 3.25. The Morgan fingerprint density at radius 2 is 2.28 bits per heavy atom. The number of carbonyl (C=O) groups is 1. The van der Waals surface area contributed by atoms with Crippen molar-refractivity contribution in [1.82, 2.24) is 10.2 Å². The van der Waals surface area contributed by atoms with Crippen LogP contribution in [0.25, 0.3) is 0 Å². The summed E-state index contributed by atoms with van der Waals surface area (Å²) in [4.78, 5) is 13.7. The maximum absolute atomic E-state index is 13.5. The van der Waals surface area contributed by atoms with Crippen LogP contribution >= 0.6 is 0 Å². The van der Waals surface area contributed by atoms with Gasteiger partial charge in [-0.05, 0) is 38.1 Å². The molecule has 1 amide bonds. The molecule has 0 radical (unpaired) electrons. The number of nitrogens with zero attached hydrogens (tertiary/aromatic N) is 1. The molecule has 1 aliphatic rings. The molecule has 98 valence electrons. The fourth-order valence-corrected chi connectivity index (χ4v) is 2.31. The lowest BCUT2D eigenvalue weighted by molar-refractivity contribution is 0.0781. The van der Waals surface area contributed by atoms with Crippen LogP contribution < -0.4 is 5.32 Å². The zero-order valence-corrected chi connectivity index (χ0v) is 10.2. The van der Waals surface area contributed by atoms with Crippen molar-refractivity contribution in [2.45, 2.75) is 6.42 Å². The zero-order valence-electron chi connectivity index (χ0n) is 10.2. The topological polar surface area (TPSA) is 32.3 Å². The average Bonchev–Trinajstić information content (AvgIpc) is 2.81. The Morgan fingerprint density at radius 3 is 3.00 bits per heavy atom. The lowest BCUT2D eigenvalue weighted by Gasteiger charge is -2.17. The first kappa shape index (κ1) is 13.0. The Morgan fingerprint density at radius 1 is 1.50 bits per heavy atom. The van der Waals surface area contributed by atoms with Gasteiger partial charge in [-0.1, -0.05) is 6.07 Å². The monoisotopic (exact) mass is 254 g/mol. The van der Waals surface area contributed by atoms with Crippen LogP contribution in [0.1, 0.15) is 16.8 Å². The highest BCUT2D eigenvalue weighted by molar-refractivity contribution is 5.94. The number of nitrogens with one attached hydrogen (secondary N) is 1. The molecule has 0 saturated carbocycles. The molecule has 1 heterocycles. The number of hydrogen-bond acceptors (Lipinski definition) is 2. The molecule has 0 unspecified atom stereocenters. The minimum Gasteiger partial charge on any atom is -0.338 e. The van der Waals surface area contributed by atoms with Gasteiger partial charge in [0.05, 0.1) is 5.56 Å². The van der Waals surface area contributed by atoms with Crippen molar-refractivity contribution in [2.24, 2.45) is 5.92 Å². The maximum atomic E-state index is 13.5. The molecule has 1 aliphatic heterocycles. The first-order valence-electron chi connectivity index (χ1n) is 6.01. The van der Waals surface area contributed by atoms with Crippen LogP contribution in [0, 0.1) is 17.6 Å². The Bertz CT molecular complexity index is 451. The first-order chi connectivity index (χ1) is 8.63. The van der Waals surface area contributed by atoms with Gasteiger partial charge in [0.15, 0.2) is 11.6 Å². The van der Waals surface area contributed by atoms with E-state index in [0.29, 0.717) is 19.0 Å². The molecule has 0 bridgehead atoms. The summed E-state index contributed by atoms with van der Waals surface area (Å²) in [5.74, 6) is -2.08. The minimum atomic E-state index is -1.06. The van der Waals surface area contributed by atoms with E-state index in [1.807, 2.05) is 7.05 Å². The number of likely N-dealkylation sites (tertiary alicyclic amines) is 1. The summed E-state index contributed by atoms with van der Waals surface area (Å²) < 4.78 is 26.6. The molecule has 1 atom stereocenters. The number of hydrogen-bond donors (Lipinski definition) is 1. The minimum absolute atomic E-state index is 0.180. The Kier molecular flexibility index (Phi) is 3.91. The van der Waals surface area contributed by atoms with E-state index < -0.39 is 17.5 Å². The highest BCUT2D eigenvalue weighted by Gasteiger charge is 2.28. The Balaban J connectivity index is 2.11. The highest BCUT2D eigenvalue weighted by Crippen LogP contribution is 2.20. The number of halogens is 2. The van der Waals surface area contributed by atoms with E-state index in [1.165, 1.54) is 12.1 Å². The van der Waals surface area contributed by atoms with Gasteiger partial charge in [-0.15, -0.1) is 0 Å². The molecule has 3 nitrogen and oxygen atoms in total. The van der Waals surface area contributed by atoms with E-state index >= 15 is 0 Å². The Hall–Kier alpha value is -1.49. The van der Waals surface area contributed by atoms with Crippen LogP contribution in [0.2, 0.25) is 0 Å². The van der Waals surface area contributed by atoms with Crippen molar-refractivity contribution in [3.8, 4) is 0 Å². The summed E-state index contributed by atoms with van der Waals surface area (Å²) in [6.07, 6.45) is 0.892. The van der Waals surface area contributed by atoms with Crippen LogP contribution in [-0.4, -0.2) is 37.5 Å².